The number of nitriles is 1. The van der Waals surface area contributed by atoms with Gasteiger partial charge in [0.15, 0.2) is 14.5 Å². The Morgan fingerprint density at radius 2 is 1.94 bits per heavy atom. The number of ether oxygens (including phenoxy) is 1. The normalized spacial score (nSPS) is 18.1. The molecule has 35 heavy (non-hydrogen) atoms. The lowest BCUT2D eigenvalue weighted by atomic mass is 10.2. The molecule has 192 valence electrons. The molecule has 1 saturated heterocycles. The third-order valence-electron chi connectivity index (χ3n) is 6.45. The van der Waals surface area contributed by atoms with Crippen molar-refractivity contribution in [3.8, 4) is 6.19 Å². The van der Waals surface area contributed by atoms with Crippen molar-refractivity contribution in [3.63, 3.8) is 0 Å². The van der Waals surface area contributed by atoms with Gasteiger partial charge in [-0.1, -0.05) is 20.8 Å². The standard InChI is InChI=1S/C23H34N4O6SSi/c1-23(2,3)35(5,6)33-20-11-19(14-34-15-21(28)25(4)16-24)26(12-20)22(29)32-13-17-7-9-18(10-8-17)27(30)31/h7-10,19-20H,11-15H2,1-6H3/t19-,20-/m0/s1. The molecule has 12 heteroatoms. The third kappa shape index (κ3) is 7.95. The molecule has 0 N–H and O–H groups in total. The van der Waals surface area contributed by atoms with Gasteiger partial charge in [-0.25, -0.2) is 4.79 Å². The Labute approximate surface area is 211 Å². The summed E-state index contributed by atoms with van der Waals surface area (Å²) in [5.41, 5.74) is 0.618. The van der Waals surface area contributed by atoms with Crippen LogP contribution >= 0.6 is 11.8 Å². The first-order chi connectivity index (χ1) is 16.2. The zero-order chi connectivity index (χ0) is 26.4. The van der Waals surface area contributed by atoms with Crippen LogP contribution in [0.1, 0.15) is 32.8 Å². The number of nitrogens with zero attached hydrogens (tertiary/aromatic N) is 4. The number of nitro groups is 1. The molecule has 1 aromatic rings. The fourth-order valence-electron chi connectivity index (χ4n) is 3.31. The molecular formula is C23H34N4O6SSi. The largest absolute Gasteiger partial charge is 0.445 e. The van der Waals surface area contributed by atoms with Gasteiger partial charge in [0.25, 0.3) is 5.69 Å². The summed E-state index contributed by atoms with van der Waals surface area (Å²) < 4.78 is 12.1. The smallest absolute Gasteiger partial charge is 0.410 e. The van der Waals surface area contributed by atoms with Crippen LogP contribution in [-0.2, 0) is 20.6 Å². The van der Waals surface area contributed by atoms with Crippen molar-refractivity contribution in [2.45, 2.75) is 64.1 Å². The summed E-state index contributed by atoms with van der Waals surface area (Å²) in [6, 6.07) is 5.68. The fourth-order valence-corrected chi connectivity index (χ4v) is 5.74. The second kappa shape index (κ2) is 11.9. The minimum Gasteiger partial charge on any atom is -0.445 e. The van der Waals surface area contributed by atoms with Crippen LogP contribution in [0.5, 0.6) is 0 Å². The van der Waals surface area contributed by atoms with Gasteiger partial charge in [-0.2, -0.15) is 5.26 Å². The quantitative estimate of drug-likeness (QED) is 0.154. The van der Waals surface area contributed by atoms with E-state index < -0.39 is 19.3 Å². The molecule has 0 spiro atoms. The number of likely N-dealkylation sites (tertiary alicyclic amines) is 1. The van der Waals surface area contributed by atoms with E-state index in [0.717, 1.165) is 4.90 Å². The number of rotatable bonds is 9. The molecule has 0 aliphatic carbocycles. The van der Waals surface area contributed by atoms with E-state index in [9.17, 15) is 19.7 Å². The molecule has 0 aromatic heterocycles. The number of carbonyl (C=O) groups is 2. The molecular weight excluding hydrogens is 488 g/mol. The molecule has 1 aliphatic heterocycles. The maximum absolute atomic E-state index is 13.0. The van der Waals surface area contributed by atoms with Gasteiger partial charge >= 0.3 is 6.09 Å². The summed E-state index contributed by atoms with van der Waals surface area (Å²) in [7, 11) is -0.636. The van der Waals surface area contributed by atoms with Gasteiger partial charge in [0.2, 0.25) is 5.91 Å². The van der Waals surface area contributed by atoms with Crippen LogP contribution in [0.4, 0.5) is 10.5 Å². The first-order valence-electron chi connectivity index (χ1n) is 11.3. The molecule has 0 saturated carbocycles. The van der Waals surface area contributed by atoms with Crippen molar-refractivity contribution >= 4 is 37.8 Å². The van der Waals surface area contributed by atoms with E-state index in [2.05, 4.69) is 33.9 Å². The van der Waals surface area contributed by atoms with Gasteiger partial charge in [0, 0.05) is 37.5 Å². The topological polar surface area (TPSA) is 126 Å². The van der Waals surface area contributed by atoms with E-state index in [-0.39, 0.29) is 41.1 Å². The van der Waals surface area contributed by atoms with Gasteiger partial charge in [0.05, 0.1) is 16.8 Å². The second-order valence-corrected chi connectivity index (χ2v) is 15.9. The van der Waals surface area contributed by atoms with Gasteiger partial charge in [-0.3, -0.25) is 19.8 Å². The fraction of sp³-hybridized carbons (Fsp3) is 0.609. The lowest BCUT2D eigenvalue weighted by Gasteiger charge is -2.38. The number of benzene rings is 1. The third-order valence-corrected chi connectivity index (χ3v) is 12.1. The highest BCUT2D eigenvalue weighted by Gasteiger charge is 2.44. The maximum atomic E-state index is 13.0. The Morgan fingerprint density at radius 1 is 1.31 bits per heavy atom. The highest BCUT2D eigenvalue weighted by Crippen LogP contribution is 2.39. The highest BCUT2D eigenvalue weighted by atomic mass is 32.2. The number of non-ortho nitro benzene ring substituents is 1. The summed E-state index contributed by atoms with van der Waals surface area (Å²) in [6.07, 6.45) is 1.80. The van der Waals surface area contributed by atoms with E-state index in [4.69, 9.17) is 14.4 Å². The molecule has 2 amide bonds. The van der Waals surface area contributed by atoms with E-state index in [1.165, 1.54) is 30.9 Å². The first kappa shape index (κ1) is 28.6. The molecule has 1 aliphatic rings. The van der Waals surface area contributed by atoms with Crippen molar-refractivity contribution in [2.75, 3.05) is 25.1 Å². The molecule has 2 atom stereocenters. The Kier molecular flexibility index (Phi) is 9.71. The second-order valence-electron chi connectivity index (χ2n) is 10.1. The summed E-state index contributed by atoms with van der Waals surface area (Å²) >= 11 is 1.37. The number of amides is 2. The Bertz CT molecular complexity index is 960. The van der Waals surface area contributed by atoms with Crippen molar-refractivity contribution < 1.29 is 23.7 Å². The van der Waals surface area contributed by atoms with Crippen LogP contribution in [0, 0.1) is 21.6 Å². The minimum atomic E-state index is -2.06. The van der Waals surface area contributed by atoms with Crippen LogP contribution in [-0.4, -0.2) is 72.3 Å². The molecule has 1 aromatic carbocycles. The van der Waals surface area contributed by atoms with Crippen LogP contribution in [0.3, 0.4) is 0 Å². The maximum Gasteiger partial charge on any atom is 0.410 e. The van der Waals surface area contributed by atoms with Crippen LogP contribution in [0.2, 0.25) is 18.1 Å². The zero-order valence-electron chi connectivity index (χ0n) is 21.1. The van der Waals surface area contributed by atoms with E-state index in [1.54, 1.807) is 23.2 Å². The molecule has 0 radical (unpaired) electrons. The predicted molar refractivity (Wildman–Crippen MR) is 136 cm³/mol. The molecule has 10 nitrogen and oxygen atoms in total. The van der Waals surface area contributed by atoms with Gasteiger partial charge < -0.3 is 14.1 Å². The van der Waals surface area contributed by atoms with Gasteiger partial charge in [0.1, 0.15) is 6.61 Å². The lowest BCUT2D eigenvalue weighted by molar-refractivity contribution is -0.384. The Morgan fingerprint density at radius 3 is 2.49 bits per heavy atom. The SMILES string of the molecule is CN(C#N)C(=O)CSC[C@@H]1C[C@H](O[Si](C)(C)C(C)(C)C)CN1C(=O)OCc1ccc([N+](=O)[O-])cc1. The summed E-state index contributed by atoms with van der Waals surface area (Å²) in [4.78, 5) is 37.9. The van der Waals surface area contributed by atoms with E-state index in [1.807, 2.05) is 0 Å². The monoisotopic (exact) mass is 522 g/mol. The van der Waals surface area contributed by atoms with Crippen molar-refractivity contribution in [2.24, 2.45) is 0 Å². The lowest BCUT2D eigenvalue weighted by Crippen LogP contribution is -2.44. The molecule has 0 bridgehead atoms. The Balaban J connectivity index is 2.05. The average molecular weight is 523 g/mol. The van der Waals surface area contributed by atoms with E-state index >= 15 is 0 Å². The van der Waals surface area contributed by atoms with Crippen LogP contribution < -0.4 is 0 Å². The number of nitro benzene ring substituents is 1. The van der Waals surface area contributed by atoms with Gasteiger partial charge in [-0.15, -0.1) is 11.8 Å². The van der Waals surface area contributed by atoms with Crippen LogP contribution in [0.15, 0.2) is 24.3 Å². The average Bonchev–Trinajstić information content (AvgIpc) is 3.18. The van der Waals surface area contributed by atoms with Crippen molar-refractivity contribution in [1.82, 2.24) is 9.80 Å². The zero-order valence-corrected chi connectivity index (χ0v) is 23.0. The Hall–Kier alpha value is -2.62. The highest BCUT2D eigenvalue weighted by molar-refractivity contribution is 8.00. The minimum absolute atomic E-state index is 0.00754. The number of hydrogen-bond donors (Lipinski definition) is 0. The number of thioether (sulfide) groups is 1. The number of carbonyl (C=O) groups excluding carboxylic acids is 2. The summed E-state index contributed by atoms with van der Waals surface area (Å²) in [5.74, 6) is 0.353. The first-order valence-corrected chi connectivity index (χ1v) is 15.4. The van der Waals surface area contributed by atoms with Gasteiger partial charge in [-0.05, 0) is 42.2 Å². The van der Waals surface area contributed by atoms with Crippen LogP contribution in [0.25, 0.3) is 0 Å². The predicted octanol–water partition coefficient (Wildman–Crippen LogP) is 4.37. The van der Waals surface area contributed by atoms with Crippen molar-refractivity contribution in [3.05, 3.63) is 39.9 Å². The summed E-state index contributed by atoms with van der Waals surface area (Å²) in [6.45, 7) is 11.2. The van der Waals surface area contributed by atoms with Crippen molar-refractivity contribution in [1.29, 1.82) is 5.26 Å². The molecule has 1 fully saturated rings. The molecule has 2 rings (SSSR count). The summed E-state index contributed by atoms with van der Waals surface area (Å²) in [5, 5.41) is 19.7. The molecule has 0 unspecified atom stereocenters. The van der Waals surface area contributed by atoms with E-state index in [0.29, 0.717) is 24.3 Å². The molecule has 1 heterocycles. The number of hydrogen-bond acceptors (Lipinski definition) is 8.